The first-order chi connectivity index (χ1) is 5.97. The number of hydrogen-bond donors (Lipinski definition) is 0. The van der Waals surface area contributed by atoms with Crippen LogP contribution in [0.15, 0.2) is 48.8 Å². The molecule has 0 aliphatic rings. The third-order valence-electron chi connectivity index (χ3n) is 1.59. The van der Waals surface area contributed by atoms with Crippen LogP contribution in [-0.4, -0.2) is 9.97 Å². The van der Waals surface area contributed by atoms with Crippen LogP contribution in [0.25, 0.3) is 11.4 Å². The quantitative estimate of drug-likeness (QED) is 0.689. The van der Waals surface area contributed by atoms with Crippen LogP contribution in [0.2, 0.25) is 0 Å². The standard InChI is InChI=1S/C10H8N2.H2S/c1-3-7-11-9(5-1)10-6-2-4-8-12-10;/h1-8H;1H2. The van der Waals surface area contributed by atoms with E-state index in [-0.39, 0.29) is 13.5 Å². The van der Waals surface area contributed by atoms with Crippen molar-refractivity contribution in [2.45, 2.75) is 0 Å². The van der Waals surface area contributed by atoms with Gasteiger partial charge in [0.2, 0.25) is 0 Å². The van der Waals surface area contributed by atoms with Crippen LogP contribution in [0.3, 0.4) is 0 Å². The van der Waals surface area contributed by atoms with Gasteiger partial charge in [0.05, 0.1) is 11.4 Å². The number of hydrogen-bond acceptors (Lipinski definition) is 2. The van der Waals surface area contributed by atoms with E-state index < -0.39 is 0 Å². The molecule has 0 aromatic carbocycles. The minimum Gasteiger partial charge on any atom is -0.255 e. The Labute approximate surface area is 84.1 Å². The number of aromatic nitrogens is 2. The second kappa shape index (κ2) is 4.62. The lowest BCUT2D eigenvalue weighted by Gasteiger charge is -1.96. The summed E-state index contributed by atoms with van der Waals surface area (Å²) in [4.78, 5) is 8.37. The van der Waals surface area contributed by atoms with Crippen molar-refractivity contribution in [2.24, 2.45) is 0 Å². The van der Waals surface area contributed by atoms with Crippen LogP contribution in [0.4, 0.5) is 0 Å². The monoisotopic (exact) mass is 190 g/mol. The Hall–Kier alpha value is -1.35. The Morgan fingerprint density at radius 1 is 0.692 bits per heavy atom. The average Bonchev–Trinajstić information content (AvgIpc) is 2.21. The molecule has 0 N–H and O–H groups in total. The fourth-order valence-corrected chi connectivity index (χ4v) is 1.03. The zero-order valence-electron chi connectivity index (χ0n) is 7.01. The highest BCUT2D eigenvalue weighted by Crippen LogP contribution is 2.10. The van der Waals surface area contributed by atoms with Gasteiger partial charge in [-0.15, -0.1) is 0 Å². The summed E-state index contributed by atoms with van der Waals surface area (Å²) in [5.41, 5.74) is 1.83. The minimum atomic E-state index is 0. The molecule has 0 aliphatic carbocycles. The van der Waals surface area contributed by atoms with Crippen molar-refractivity contribution in [3.05, 3.63) is 48.8 Å². The molecule has 0 saturated carbocycles. The van der Waals surface area contributed by atoms with Crippen molar-refractivity contribution in [1.82, 2.24) is 9.97 Å². The van der Waals surface area contributed by atoms with Crippen molar-refractivity contribution in [2.75, 3.05) is 0 Å². The van der Waals surface area contributed by atoms with E-state index in [1.807, 2.05) is 36.4 Å². The summed E-state index contributed by atoms with van der Waals surface area (Å²) in [5, 5.41) is 0. The fraction of sp³-hybridized carbons (Fsp3) is 0. The van der Waals surface area contributed by atoms with Gasteiger partial charge in [-0.25, -0.2) is 0 Å². The molecule has 2 aromatic heterocycles. The smallest absolute Gasteiger partial charge is 0.0886 e. The Kier molecular flexibility index (Phi) is 3.46. The van der Waals surface area contributed by atoms with Crippen molar-refractivity contribution < 1.29 is 0 Å². The maximum absolute atomic E-state index is 4.19. The van der Waals surface area contributed by atoms with E-state index in [9.17, 15) is 0 Å². The van der Waals surface area contributed by atoms with Gasteiger partial charge in [-0.1, -0.05) is 12.1 Å². The van der Waals surface area contributed by atoms with E-state index in [0.29, 0.717) is 0 Å². The normalized spacial score (nSPS) is 8.92. The predicted molar refractivity (Wildman–Crippen MR) is 57.8 cm³/mol. The molecule has 0 spiro atoms. The fourth-order valence-electron chi connectivity index (χ4n) is 1.03. The lowest BCUT2D eigenvalue weighted by Crippen LogP contribution is -1.83. The predicted octanol–water partition coefficient (Wildman–Crippen LogP) is 2.26. The second-order valence-electron chi connectivity index (χ2n) is 2.43. The summed E-state index contributed by atoms with van der Waals surface area (Å²) in [5.74, 6) is 0. The molecule has 0 unspecified atom stereocenters. The highest BCUT2D eigenvalue weighted by Gasteiger charge is 1.95. The molecule has 3 heteroatoms. The molecule has 0 atom stereocenters. The zero-order chi connectivity index (χ0) is 8.23. The topological polar surface area (TPSA) is 25.8 Å². The average molecular weight is 190 g/mol. The van der Waals surface area contributed by atoms with E-state index in [1.54, 1.807) is 12.4 Å². The van der Waals surface area contributed by atoms with Crippen LogP contribution in [-0.2, 0) is 0 Å². The number of pyridine rings is 2. The largest absolute Gasteiger partial charge is 0.255 e. The molecule has 0 bridgehead atoms. The maximum Gasteiger partial charge on any atom is 0.0886 e. The Morgan fingerprint density at radius 2 is 1.15 bits per heavy atom. The first kappa shape index (κ1) is 9.74. The van der Waals surface area contributed by atoms with E-state index in [1.165, 1.54) is 0 Å². The third-order valence-corrected chi connectivity index (χ3v) is 1.59. The van der Waals surface area contributed by atoms with Gasteiger partial charge < -0.3 is 0 Å². The highest BCUT2D eigenvalue weighted by atomic mass is 32.1. The van der Waals surface area contributed by atoms with Gasteiger partial charge in [0.15, 0.2) is 0 Å². The molecule has 66 valence electrons. The van der Waals surface area contributed by atoms with Gasteiger partial charge in [0.25, 0.3) is 0 Å². The molecule has 0 amide bonds. The molecule has 2 aromatic rings. The van der Waals surface area contributed by atoms with Gasteiger partial charge in [-0.05, 0) is 24.3 Å². The first-order valence-corrected chi connectivity index (χ1v) is 3.79. The summed E-state index contributed by atoms with van der Waals surface area (Å²) < 4.78 is 0. The molecule has 0 aliphatic heterocycles. The zero-order valence-corrected chi connectivity index (χ0v) is 8.01. The molecule has 2 heterocycles. The van der Waals surface area contributed by atoms with Crippen LogP contribution in [0, 0.1) is 0 Å². The van der Waals surface area contributed by atoms with E-state index in [2.05, 4.69) is 9.97 Å². The van der Waals surface area contributed by atoms with Crippen LogP contribution < -0.4 is 0 Å². The van der Waals surface area contributed by atoms with E-state index >= 15 is 0 Å². The molecule has 13 heavy (non-hydrogen) atoms. The van der Waals surface area contributed by atoms with Crippen molar-refractivity contribution >= 4 is 13.5 Å². The molecular weight excluding hydrogens is 180 g/mol. The molecule has 2 nitrogen and oxygen atoms in total. The van der Waals surface area contributed by atoms with Gasteiger partial charge in [-0.2, -0.15) is 13.5 Å². The molecule has 2 rings (SSSR count). The van der Waals surface area contributed by atoms with Crippen molar-refractivity contribution in [1.29, 1.82) is 0 Å². The molecule has 0 saturated heterocycles. The second-order valence-corrected chi connectivity index (χ2v) is 2.43. The third kappa shape index (κ3) is 2.29. The summed E-state index contributed by atoms with van der Waals surface area (Å²) in [6.07, 6.45) is 3.54. The minimum absolute atomic E-state index is 0. The molecular formula is C10H10N2S. The number of rotatable bonds is 1. The lowest BCUT2D eigenvalue weighted by molar-refractivity contribution is 1.25. The summed E-state index contributed by atoms with van der Waals surface area (Å²) >= 11 is 0. The molecule has 0 radical (unpaired) electrons. The van der Waals surface area contributed by atoms with Gasteiger partial charge in [0.1, 0.15) is 0 Å². The van der Waals surface area contributed by atoms with Gasteiger partial charge in [0, 0.05) is 12.4 Å². The summed E-state index contributed by atoms with van der Waals surface area (Å²) in [6.45, 7) is 0. The van der Waals surface area contributed by atoms with E-state index in [4.69, 9.17) is 0 Å². The summed E-state index contributed by atoms with van der Waals surface area (Å²) in [6, 6.07) is 11.6. The van der Waals surface area contributed by atoms with Crippen LogP contribution in [0.1, 0.15) is 0 Å². The first-order valence-electron chi connectivity index (χ1n) is 3.79. The van der Waals surface area contributed by atoms with Gasteiger partial charge >= 0.3 is 0 Å². The highest BCUT2D eigenvalue weighted by molar-refractivity contribution is 7.59. The maximum atomic E-state index is 4.19. The van der Waals surface area contributed by atoms with E-state index in [0.717, 1.165) is 11.4 Å². The van der Waals surface area contributed by atoms with Crippen molar-refractivity contribution in [3.8, 4) is 11.4 Å². The SMILES string of the molecule is S.c1ccc(-c2ccccn2)nc1. The number of nitrogens with zero attached hydrogens (tertiary/aromatic N) is 2. The van der Waals surface area contributed by atoms with Gasteiger partial charge in [-0.3, -0.25) is 9.97 Å². The Bertz CT molecular complexity index is 310. The van der Waals surface area contributed by atoms with Crippen LogP contribution >= 0.6 is 13.5 Å². The van der Waals surface area contributed by atoms with Crippen LogP contribution in [0.5, 0.6) is 0 Å². The van der Waals surface area contributed by atoms with Crippen molar-refractivity contribution in [3.63, 3.8) is 0 Å². The lowest BCUT2D eigenvalue weighted by atomic mass is 10.2. The Balaban J connectivity index is 0.000000845. The molecule has 0 fully saturated rings. The Morgan fingerprint density at radius 3 is 1.46 bits per heavy atom. The summed E-state index contributed by atoms with van der Waals surface area (Å²) in [7, 11) is 0.